The van der Waals surface area contributed by atoms with Crippen LogP contribution < -0.4 is 15.4 Å². The molecule has 2 aromatic rings. The van der Waals surface area contributed by atoms with Crippen molar-refractivity contribution in [2.24, 2.45) is 12.0 Å². The van der Waals surface area contributed by atoms with Gasteiger partial charge < -0.3 is 15.4 Å². The highest BCUT2D eigenvalue weighted by atomic mass is 127. The Kier molecular flexibility index (Phi) is 11.6. The van der Waals surface area contributed by atoms with Gasteiger partial charge in [-0.3, -0.25) is 4.68 Å². The standard InChI is InChI=1S/C20H31N5O.HI/c1-4-6-15-26-19-9-7-17(8-10-19)11-13-22-20(21-5-2)23-16-18-12-14-24-25(18)3;/h7-10,12,14H,4-6,11,13,15-16H2,1-3H3,(H2,21,22,23);1H. The second-order valence-electron chi connectivity index (χ2n) is 6.16. The molecule has 0 unspecified atom stereocenters. The number of halogens is 1. The average Bonchev–Trinajstić information content (AvgIpc) is 3.06. The number of benzene rings is 1. The van der Waals surface area contributed by atoms with Crippen LogP contribution in [0.25, 0.3) is 0 Å². The summed E-state index contributed by atoms with van der Waals surface area (Å²) < 4.78 is 7.55. The molecule has 0 radical (unpaired) electrons. The van der Waals surface area contributed by atoms with Gasteiger partial charge in [0.1, 0.15) is 5.75 Å². The van der Waals surface area contributed by atoms with E-state index in [1.54, 1.807) is 6.20 Å². The Morgan fingerprint density at radius 3 is 2.56 bits per heavy atom. The molecular formula is C20H32IN5O. The zero-order valence-electron chi connectivity index (χ0n) is 16.6. The number of hydrogen-bond acceptors (Lipinski definition) is 3. The van der Waals surface area contributed by atoms with Crippen LogP contribution in [0, 0.1) is 0 Å². The third-order valence-electron chi connectivity index (χ3n) is 4.06. The van der Waals surface area contributed by atoms with Gasteiger partial charge in [-0.15, -0.1) is 24.0 Å². The maximum absolute atomic E-state index is 5.70. The SMILES string of the molecule is CCCCOc1ccc(CCNC(=NCc2ccnn2C)NCC)cc1.I. The Bertz CT molecular complexity index is 669. The summed E-state index contributed by atoms with van der Waals surface area (Å²) in [6, 6.07) is 10.3. The van der Waals surface area contributed by atoms with Gasteiger partial charge in [0.05, 0.1) is 18.8 Å². The van der Waals surface area contributed by atoms with Crippen LogP contribution in [-0.4, -0.2) is 35.4 Å². The quantitative estimate of drug-likeness (QED) is 0.234. The molecule has 0 saturated carbocycles. The number of hydrogen-bond donors (Lipinski definition) is 2. The highest BCUT2D eigenvalue weighted by molar-refractivity contribution is 14.0. The first-order valence-corrected chi connectivity index (χ1v) is 9.43. The molecule has 0 saturated heterocycles. The maximum atomic E-state index is 5.70. The predicted molar refractivity (Wildman–Crippen MR) is 122 cm³/mol. The number of unbranched alkanes of at least 4 members (excludes halogenated alkanes) is 1. The van der Waals surface area contributed by atoms with Crippen LogP contribution in [0.5, 0.6) is 5.75 Å². The molecule has 1 aromatic carbocycles. The molecule has 0 aliphatic carbocycles. The van der Waals surface area contributed by atoms with Gasteiger partial charge in [0.2, 0.25) is 0 Å². The summed E-state index contributed by atoms with van der Waals surface area (Å²) in [6.45, 7) is 7.29. The van der Waals surface area contributed by atoms with E-state index < -0.39 is 0 Å². The van der Waals surface area contributed by atoms with Crippen molar-refractivity contribution in [2.45, 2.75) is 39.7 Å². The minimum Gasteiger partial charge on any atom is -0.494 e. The lowest BCUT2D eigenvalue weighted by atomic mass is 10.1. The summed E-state index contributed by atoms with van der Waals surface area (Å²) in [5.41, 5.74) is 2.36. The molecule has 7 heteroatoms. The van der Waals surface area contributed by atoms with Crippen LogP contribution in [0.1, 0.15) is 37.9 Å². The number of aliphatic imine (C=N–C) groups is 1. The molecule has 6 nitrogen and oxygen atoms in total. The van der Waals surface area contributed by atoms with E-state index in [4.69, 9.17) is 4.74 Å². The highest BCUT2D eigenvalue weighted by Crippen LogP contribution is 2.13. The minimum atomic E-state index is 0. The second kappa shape index (κ2) is 13.4. The van der Waals surface area contributed by atoms with Crippen molar-refractivity contribution in [3.05, 3.63) is 47.8 Å². The average molecular weight is 485 g/mol. The maximum Gasteiger partial charge on any atom is 0.191 e. The fourth-order valence-electron chi connectivity index (χ4n) is 2.47. The zero-order chi connectivity index (χ0) is 18.6. The van der Waals surface area contributed by atoms with Gasteiger partial charge in [-0.05, 0) is 43.5 Å². The van der Waals surface area contributed by atoms with E-state index in [1.807, 2.05) is 29.9 Å². The molecular weight excluding hydrogens is 453 g/mol. The van der Waals surface area contributed by atoms with E-state index in [1.165, 1.54) is 5.56 Å². The molecule has 1 heterocycles. The van der Waals surface area contributed by atoms with E-state index in [9.17, 15) is 0 Å². The lowest BCUT2D eigenvalue weighted by Crippen LogP contribution is -2.38. The van der Waals surface area contributed by atoms with Crippen LogP contribution in [-0.2, 0) is 20.0 Å². The third kappa shape index (κ3) is 8.64. The number of guanidine groups is 1. The van der Waals surface area contributed by atoms with E-state index in [0.717, 1.165) is 56.4 Å². The Hall–Kier alpha value is -1.77. The summed E-state index contributed by atoms with van der Waals surface area (Å²) in [5.74, 6) is 1.77. The zero-order valence-corrected chi connectivity index (χ0v) is 18.9. The van der Waals surface area contributed by atoms with Crippen molar-refractivity contribution < 1.29 is 4.74 Å². The molecule has 0 bridgehead atoms. The molecule has 1 aromatic heterocycles. The van der Waals surface area contributed by atoms with E-state index in [2.05, 4.69) is 46.7 Å². The summed E-state index contributed by atoms with van der Waals surface area (Å²) in [6.07, 6.45) is 4.98. The number of nitrogens with zero attached hydrogens (tertiary/aromatic N) is 3. The molecule has 0 spiro atoms. The number of rotatable bonds is 10. The van der Waals surface area contributed by atoms with E-state index >= 15 is 0 Å². The molecule has 2 rings (SSSR count). The van der Waals surface area contributed by atoms with E-state index in [0.29, 0.717) is 6.54 Å². The molecule has 0 fully saturated rings. The molecule has 0 aliphatic rings. The minimum absolute atomic E-state index is 0. The van der Waals surface area contributed by atoms with Gasteiger partial charge in [0.15, 0.2) is 5.96 Å². The number of aryl methyl sites for hydroxylation is 1. The first-order chi connectivity index (χ1) is 12.7. The predicted octanol–water partition coefficient (Wildman–Crippen LogP) is 3.51. The summed E-state index contributed by atoms with van der Waals surface area (Å²) in [7, 11) is 1.93. The van der Waals surface area contributed by atoms with Crippen molar-refractivity contribution in [2.75, 3.05) is 19.7 Å². The first kappa shape index (κ1) is 23.3. The van der Waals surface area contributed by atoms with Gasteiger partial charge >= 0.3 is 0 Å². The number of nitrogens with one attached hydrogen (secondary N) is 2. The summed E-state index contributed by atoms with van der Waals surface area (Å²) >= 11 is 0. The molecule has 27 heavy (non-hydrogen) atoms. The fraction of sp³-hybridized carbons (Fsp3) is 0.500. The van der Waals surface area contributed by atoms with Crippen LogP contribution in [0.4, 0.5) is 0 Å². The summed E-state index contributed by atoms with van der Waals surface area (Å²) in [5, 5.41) is 10.8. The smallest absolute Gasteiger partial charge is 0.191 e. The van der Waals surface area contributed by atoms with Gasteiger partial charge in [0, 0.05) is 26.3 Å². The number of aromatic nitrogens is 2. The van der Waals surface area contributed by atoms with Crippen LogP contribution >= 0.6 is 24.0 Å². The lowest BCUT2D eigenvalue weighted by molar-refractivity contribution is 0.309. The van der Waals surface area contributed by atoms with Crippen molar-refractivity contribution in [1.29, 1.82) is 0 Å². The molecule has 2 N–H and O–H groups in total. The largest absolute Gasteiger partial charge is 0.494 e. The molecule has 150 valence electrons. The third-order valence-corrected chi connectivity index (χ3v) is 4.06. The monoisotopic (exact) mass is 485 g/mol. The van der Waals surface area contributed by atoms with Gasteiger partial charge in [-0.2, -0.15) is 5.10 Å². The topological polar surface area (TPSA) is 63.5 Å². The van der Waals surface area contributed by atoms with Gasteiger partial charge in [0.25, 0.3) is 0 Å². The Labute approximate surface area is 179 Å². The van der Waals surface area contributed by atoms with Crippen molar-refractivity contribution in [1.82, 2.24) is 20.4 Å². The second-order valence-corrected chi connectivity index (χ2v) is 6.16. The molecule has 0 aliphatic heterocycles. The highest BCUT2D eigenvalue weighted by Gasteiger charge is 2.01. The van der Waals surface area contributed by atoms with Crippen molar-refractivity contribution in [3.63, 3.8) is 0 Å². The Morgan fingerprint density at radius 2 is 1.93 bits per heavy atom. The van der Waals surface area contributed by atoms with E-state index in [-0.39, 0.29) is 24.0 Å². The van der Waals surface area contributed by atoms with Crippen LogP contribution in [0.2, 0.25) is 0 Å². The number of ether oxygens (including phenoxy) is 1. The fourth-order valence-corrected chi connectivity index (χ4v) is 2.47. The Morgan fingerprint density at radius 1 is 1.15 bits per heavy atom. The van der Waals surface area contributed by atoms with Crippen molar-refractivity contribution >= 4 is 29.9 Å². The first-order valence-electron chi connectivity index (χ1n) is 9.43. The van der Waals surface area contributed by atoms with Gasteiger partial charge in [-0.25, -0.2) is 4.99 Å². The molecule has 0 atom stereocenters. The van der Waals surface area contributed by atoms with Crippen LogP contribution in [0.3, 0.4) is 0 Å². The molecule has 0 amide bonds. The summed E-state index contributed by atoms with van der Waals surface area (Å²) in [4.78, 5) is 4.62. The van der Waals surface area contributed by atoms with Crippen LogP contribution in [0.15, 0.2) is 41.5 Å². The Balaban J connectivity index is 0.00000364. The normalized spacial score (nSPS) is 11.0. The lowest BCUT2D eigenvalue weighted by Gasteiger charge is -2.12. The van der Waals surface area contributed by atoms with Gasteiger partial charge in [-0.1, -0.05) is 25.5 Å². The van der Waals surface area contributed by atoms with Crippen molar-refractivity contribution in [3.8, 4) is 5.75 Å².